The maximum absolute atomic E-state index is 13.9. The molecule has 41 heavy (non-hydrogen) atoms. The van der Waals surface area contributed by atoms with E-state index in [-0.39, 0.29) is 45.3 Å². The highest BCUT2D eigenvalue weighted by Gasteiger charge is 2.36. The number of benzene rings is 2. The van der Waals surface area contributed by atoms with Gasteiger partial charge in [0.25, 0.3) is 5.91 Å². The van der Waals surface area contributed by atoms with Crippen molar-refractivity contribution in [3.05, 3.63) is 64.2 Å². The molecule has 13 heteroatoms. The summed E-state index contributed by atoms with van der Waals surface area (Å²) in [5, 5.41) is 23.7. The monoisotopic (exact) mass is 613 g/mol. The van der Waals surface area contributed by atoms with E-state index in [2.05, 4.69) is 0 Å². The third-order valence-corrected chi connectivity index (χ3v) is 7.91. The van der Waals surface area contributed by atoms with Crippen LogP contribution in [-0.2, 0) is 11.0 Å². The first-order valence-corrected chi connectivity index (χ1v) is 14.4. The van der Waals surface area contributed by atoms with E-state index in [0.717, 1.165) is 12.5 Å². The van der Waals surface area contributed by atoms with E-state index in [1.807, 2.05) is 11.8 Å². The number of piperidine rings is 1. The number of aliphatic carboxylic acids is 1. The van der Waals surface area contributed by atoms with Crippen LogP contribution < -0.4 is 10.1 Å². The number of hydrogen-bond donors (Lipinski definition) is 3. The fourth-order valence-electron chi connectivity index (χ4n) is 4.33. The van der Waals surface area contributed by atoms with Gasteiger partial charge in [-0.1, -0.05) is 37.1 Å². The fraction of sp³-hybridized carbons (Fsp3) is 0.429. The SMILES string of the molecule is CCCCN(C(=N)SC(=[NH2+])c1ccc(OCCN2CCC(C(=O)O)CC2)c(C(F)(F)F)c1)C(=O)c1ccccc1Cl. The van der Waals surface area contributed by atoms with Crippen molar-refractivity contribution in [2.45, 2.75) is 38.8 Å². The number of alkyl halides is 3. The Hall–Kier alpha value is -3.09. The molecule has 0 bridgehead atoms. The molecule has 1 heterocycles. The molecule has 1 aliphatic rings. The van der Waals surface area contributed by atoms with Crippen LogP contribution in [0.1, 0.15) is 54.1 Å². The Morgan fingerprint density at radius 2 is 1.90 bits per heavy atom. The van der Waals surface area contributed by atoms with Gasteiger partial charge in [-0.2, -0.15) is 13.2 Å². The molecule has 0 saturated carbocycles. The second kappa shape index (κ2) is 14.7. The second-order valence-corrected chi connectivity index (χ2v) is 11.0. The Kier molecular flexibility index (Phi) is 11.6. The zero-order chi connectivity index (χ0) is 30.2. The van der Waals surface area contributed by atoms with Crippen molar-refractivity contribution in [3.8, 4) is 5.75 Å². The standard InChI is InChI=1S/C28H32ClF3N4O4S/c1-2-3-12-36(25(37)20-6-4-5-7-22(20)29)27(34)41-24(33)19-8-9-23(21(17-19)28(30,31)32)40-16-15-35-13-10-18(11-14-35)26(38)39/h4-9,17-18,33-34H,2-3,10-16H2,1H3,(H,38,39)/p+1. The zero-order valence-electron chi connectivity index (χ0n) is 22.5. The summed E-state index contributed by atoms with van der Waals surface area (Å²) in [4.78, 5) is 27.4. The maximum atomic E-state index is 13.9. The van der Waals surface area contributed by atoms with Crippen molar-refractivity contribution >= 4 is 45.5 Å². The highest BCUT2D eigenvalue weighted by molar-refractivity contribution is 8.26. The number of carboxylic acid groups (broad SMARTS) is 1. The van der Waals surface area contributed by atoms with Crippen LogP contribution in [0, 0.1) is 11.3 Å². The predicted molar refractivity (Wildman–Crippen MR) is 152 cm³/mol. The Labute approximate surface area is 245 Å². The normalized spacial score (nSPS) is 14.5. The van der Waals surface area contributed by atoms with Crippen molar-refractivity contribution in [2.24, 2.45) is 5.92 Å². The first kappa shape index (κ1) is 32.4. The van der Waals surface area contributed by atoms with E-state index in [4.69, 9.17) is 32.3 Å². The lowest BCUT2D eigenvalue weighted by atomic mass is 9.97. The summed E-state index contributed by atoms with van der Waals surface area (Å²) in [6, 6.07) is 9.87. The van der Waals surface area contributed by atoms with Crippen molar-refractivity contribution in [1.82, 2.24) is 9.80 Å². The molecule has 222 valence electrons. The lowest BCUT2D eigenvalue weighted by molar-refractivity contribution is -0.143. The minimum absolute atomic E-state index is 0.00466. The number of rotatable bonds is 10. The van der Waals surface area contributed by atoms with Gasteiger partial charge in [-0.3, -0.25) is 24.8 Å². The highest BCUT2D eigenvalue weighted by atomic mass is 35.5. The van der Waals surface area contributed by atoms with Crippen LogP contribution >= 0.6 is 23.4 Å². The van der Waals surface area contributed by atoms with Gasteiger partial charge in [-0.25, -0.2) is 5.41 Å². The average molecular weight is 614 g/mol. The van der Waals surface area contributed by atoms with Gasteiger partial charge in [0.05, 0.1) is 27.6 Å². The number of likely N-dealkylation sites (tertiary alicyclic amines) is 1. The van der Waals surface area contributed by atoms with Crippen molar-refractivity contribution in [3.63, 3.8) is 0 Å². The molecule has 1 fully saturated rings. The average Bonchev–Trinajstić information content (AvgIpc) is 2.93. The Morgan fingerprint density at radius 1 is 1.22 bits per heavy atom. The molecule has 1 saturated heterocycles. The topological polar surface area (TPSA) is 120 Å². The van der Waals surface area contributed by atoms with Crippen molar-refractivity contribution < 1.29 is 38.0 Å². The first-order chi connectivity index (χ1) is 19.4. The number of carbonyl (C=O) groups excluding carboxylic acids is 1. The van der Waals surface area contributed by atoms with Gasteiger partial charge in [0, 0.05) is 24.9 Å². The van der Waals surface area contributed by atoms with Crippen molar-refractivity contribution in [2.75, 3.05) is 32.8 Å². The predicted octanol–water partition coefficient (Wildman–Crippen LogP) is 4.65. The van der Waals surface area contributed by atoms with Crippen LogP contribution in [-0.4, -0.2) is 69.8 Å². The molecule has 1 aliphatic heterocycles. The number of amidine groups is 1. The minimum atomic E-state index is -4.73. The molecular weight excluding hydrogens is 581 g/mol. The van der Waals surface area contributed by atoms with Crippen LogP contribution in [0.4, 0.5) is 13.2 Å². The van der Waals surface area contributed by atoms with Crippen LogP contribution in [0.2, 0.25) is 5.02 Å². The molecule has 0 radical (unpaired) electrons. The lowest BCUT2D eigenvalue weighted by Crippen LogP contribution is -2.42. The maximum Gasteiger partial charge on any atom is 0.419 e. The number of unbranched alkanes of at least 4 members (excludes halogenated alkanes) is 1. The smallest absolute Gasteiger partial charge is 0.419 e. The number of carboxylic acids is 1. The van der Waals surface area contributed by atoms with E-state index in [1.54, 1.807) is 24.3 Å². The first-order valence-electron chi connectivity index (χ1n) is 13.2. The number of nitrogens with one attached hydrogen (secondary N) is 1. The molecule has 2 aromatic carbocycles. The third kappa shape index (κ3) is 8.95. The second-order valence-electron chi connectivity index (χ2n) is 9.57. The minimum Gasteiger partial charge on any atom is -0.492 e. The third-order valence-electron chi connectivity index (χ3n) is 6.71. The quantitative estimate of drug-likeness (QED) is 0.265. The number of carbonyl (C=O) groups is 2. The highest BCUT2D eigenvalue weighted by Crippen LogP contribution is 2.37. The Bertz CT molecular complexity index is 1270. The molecule has 1 amide bonds. The van der Waals surface area contributed by atoms with E-state index < -0.39 is 29.5 Å². The number of thioether (sulfide) groups is 1. The van der Waals surface area contributed by atoms with E-state index in [9.17, 15) is 22.8 Å². The van der Waals surface area contributed by atoms with E-state index >= 15 is 0 Å². The van der Waals surface area contributed by atoms with Crippen LogP contribution in [0.5, 0.6) is 5.75 Å². The summed E-state index contributed by atoms with van der Waals surface area (Å²) < 4.78 is 47.3. The molecule has 0 spiro atoms. The van der Waals surface area contributed by atoms with Gasteiger partial charge < -0.3 is 9.84 Å². The summed E-state index contributed by atoms with van der Waals surface area (Å²) in [6.45, 7) is 3.57. The Morgan fingerprint density at radius 3 is 2.51 bits per heavy atom. The van der Waals surface area contributed by atoms with Gasteiger partial charge in [0.2, 0.25) is 5.04 Å². The summed E-state index contributed by atoms with van der Waals surface area (Å²) in [5.41, 5.74) is -0.762. The van der Waals surface area contributed by atoms with Gasteiger partial charge in [0.15, 0.2) is 5.17 Å². The van der Waals surface area contributed by atoms with Crippen LogP contribution in [0.3, 0.4) is 0 Å². The summed E-state index contributed by atoms with van der Waals surface area (Å²) in [5.74, 6) is -2.08. The molecule has 0 aliphatic carbocycles. The largest absolute Gasteiger partial charge is 0.492 e. The summed E-state index contributed by atoms with van der Waals surface area (Å²) in [7, 11) is 0. The van der Waals surface area contributed by atoms with Gasteiger partial charge in [0.1, 0.15) is 12.4 Å². The van der Waals surface area contributed by atoms with Crippen molar-refractivity contribution in [1.29, 1.82) is 5.41 Å². The van der Waals surface area contributed by atoms with Crippen LogP contribution in [0.15, 0.2) is 42.5 Å². The fourth-order valence-corrected chi connectivity index (χ4v) is 5.28. The number of halogens is 4. The van der Waals surface area contributed by atoms with E-state index in [1.165, 1.54) is 17.0 Å². The number of hydrogen-bond acceptors (Lipinski definition) is 6. The number of nitrogens with two attached hydrogens (primary N) is 1. The number of ether oxygens (including phenoxy) is 1. The molecule has 0 aromatic heterocycles. The molecule has 2 aromatic rings. The van der Waals surface area contributed by atoms with Gasteiger partial charge in [-0.05, 0) is 62.7 Å². The summed E-state index contributed by atoms with van der Waals surface area (Å²) >= 11 is 6.87. The number of nitrogens with zero attached hydrogens (tertiary/aromatic N) is 2. The molecule has 8 nitrogen and oxygen atoms in total. The molecule has 0 unspecified atom stereocenters. The number of amides is 1. The lowest BCUT2D eigenvalue weighted by Gasteiger charge is -2.29. The summed E-state index contributed by atoms with van der Waals surface area (Å²) in [6.07, 6.45) is -2.41. The van der Waals surface area contributed by atoms with E-state index in [0.29, 0.717) is 50.7 Å². The Balaban J connectivity index is 1.69. The van der Waals surface area contributed by atoms with Gasteiger partial charge in [-0.15, -0.1) is 0 Å². The zero-order valence-corrected chi connectivity index (χ0v) is 24.1. The van der Waals surface area contributed by atoms with Gasteiger partial charge >= 0.3 is 12.1 Å². The molecule has 0 atom stereocenters. The van der Waals surface area contributed by atoms with Crippen LogP contribution in [0.25, 0.3) is 0 Å². The molecular formula is C28H33ClF3N4O4S+. The molecule has 4 N–H and O–H groups in total. The molecule has 3 rings (SSSR count).